The zero-order valence-corrected chi connectivity index (χ0v) is 13.8. The number of carbonyl (C=O) groups excluding carboxylic acids is 1. The molecule has 1 amide bonds. The number of carboxylic acid groups (broad SMARTS) is 1. The van der Waals surface area contributed by atoms with Gasteiger partial charge in [0.05, 0.1) is 23.8 Å². The molecule has 9 heteroatoms. The molecule has 0 radical (unpaired) electrons. The highest BCUT2D eigenvalue weighted by Gasteiger charge is 2.51. The number of rotatable bonds is 5. The van der Waals surface area contributed by atoms with Crippen LogP contribution in [0.2, 0.25) is 0 Å². The second-order valence-electron chi connectivity index (χ2n) is 6.11. The van der Waals surface area contributed by atoms with Crippen molar-refractivity contribution in [1.82, 2.24) is 20.4 Å². The van der Waals surface area contributed by atoms with Crippen LogP contribution in [-0.2, 0) is 21.9 Å². The highest BCUT2D eigenvalue weighted by molar-refractivity contribution is 7.97. The van der Waals surface area contributed by atoms with Gasteiger partial charge in [0.2, 0.25) is 11.8 Å². The number of hydrogen-bond acceptors (Lipinski definition) is 7. The number of nitrogens with one attached hydrogen (secondary N) is 1. The molecule has 1 spiro atoms. The van der Waals surface area contributed by atoms with Gasteiger partial charge in [-0.3, -0.25) is 14.5 Å². The summed E-state index contributed by atoms with van der Waals surface area (Å²) in [6.45, 7) is 1.96. The Hall–Kier alpha value is -1.61. The van der Waals surface area contributed by atoms with Crippen LogP contribution in [0, 0.1) is 5.92 Å². The van der Waals surface area contributed by atoms with E-state index in [2.05, 4.69) is 20.4 Å². The molecule has 0 aliphatic carbocycles. The summed E-state index contributed by atoms with van der Waals surface area (Å²) in [6, 6.07) is 0. The summed E-state index contributed by atoms with van der Waals surface area (Å²) in [5.41, 5.74) is -0.599. The summed E-state index contributed by atoms with van der Waals surface area (Å²) in [7, 11) is 0. The van der Waals surface area contributed by atoms with Crippen LogP contribution in [-0.4, -0.2) is 56.9 Å². The van der Waals surface area contributed by atoms with Gasteiger partial charge in [-0.05, 0) is 19.1 Å². The first-order chi connectivity index (χ1) is 11.0. The number of thioether (sulfide) groups is 1. The first kappa shape index (κ1) is 16.3. The Morgan fingerprint density at radius 2 is 2.26 bits per heavy atom. The summed E-state index contributed by atoms with van der Waals surface area (Å²) in [4.78, 5) is 29.6. The number of aromatic nitrogens is 2. The monoisotopic (exact) mass is 340 g/mol. The number of carboxylic acids is 1. The van der Waals surface area contributed by atoms with Gasteiger partial charge in [0.15, 0.2) is 5.82 Å². The van der Waals surface area contributed by atoms with Gasteiger partial charge in [-0.25, -0.2) is 0 Å². The van der Waals surface area contributed by atoms with Gasteiger partial charge >= 0.3 is 5.97 Å². The lowest BCUT2D eigenvalue weighted by molar-refractivity contribution is -0.144. The highest BCUT2D eigenvalue weighted by atomic mass is 32.2. The minimum atomic E-state index is -0.893. The topological polar surface area (TPSA) is 109 Å². The zero-order valence-electron chi connectivity index (χ0n) is 12.9. The van der Waals surface area contributed by atoms with Crippen molar-refractivity contribution in [1.29, 1.82) is 0 Å². The van der Waals surface area contributed by atoms with Gasteiger partial charge in [-0.15, -0.1) is 0 Å². The van der Waals surface area contributed by atoms with Crippen LogP contribution in [0.25, 0.3) is 0 Å². The Kier molecular flexibility index (Phi) is 4.58. The van der Waals surface area contributed by atoms with E-state index in [4.69, 9.17) is 4.52 Å². The van der Waals surface area contributed by atoms with E-state index in [1.54, 1.807) is 11.8 Å². The van der Waals surface area contributed by atoms with E-state index in [-0.39, 0.29) is 12.3 Å². The maximum atomic E-state index is 11.6. The van der Waals surface area contributed by atoms with Gasteiger partial charge in [0.1, 0.15) is 0 Å². The molecule has 0 aromatic carbocycles. The van der Waals surface area contributed by atoms with E-state index in [0.29, 0.717) is 44.2 Å². The van der Waals surface area contributed by atoms with Crippen molar-refractivity contribution in [3.8, 4) is 0 Å². The first-order valence-corrected chi connectivity index (χ1v) is 8.98. The molecule has 2 aliphatic rings. The lowest BCUT2D eigenvalue weighted by atomic mass is 9.78. The average Bonchev–Trinajstić information content (AvgIpc) is 3.07. The molecule has 2 aliphatic heterocycles. The Balaban J connectivity index is 1.59. The number of nitrogens with zero attached hydrogens (tertiary/aromatic N) is 3. The van der Waals surface area contributed by atoms with Crippen LogP contribution in [0.4, 0.5) is 0 Å². The van der Waals surface area contributed by atoms with Gasteiger partial charge < -0.3 is 14.9 Å². The lowest BCUT2D eigenvalue weighted by Crippen LogP contribution is -2.55. The number of hydrogen-bond donors (Lipinski definition) is 2. The van der Waals surface area contributed by atoms with E-state index in [9.17, 15) is 14.7 Å². The van der Waals surface area contributed by atoms with E-state index in [0.717, 1.165) is 5.75 Å². The van der Waals surface area contributed by atoms with Gasteiger partial charge in [0.25, 0.3) is 0 Å². The van der Waals surface area contributed by atoms with Gasteiger partial charge in [0, 0.05) is 19.5 Å². The maximum Gasteiger partial charge on any atom is 0.309 e. The standard InChI is InChI=1S/C14H20N4O4S/c1-23-8-10-15-12(22-17-10)7-18-4-2-14(3-5-18)9(13(20)21)6-11(19)16-14/h9H,2-8H2,1H3,(H,16,19)(H,20,21)/t9-/m0/s1. The number of aliphatic carboxylic acids is 1. The number of carbonyl (C=O) groups is 2. The zero-order chi connectivity index (χ0) is 16.4. The molecule has 1 atom stereocenters. The molecule has 0 unspecified atom stereocenters. The molecule has 0 saturated carbocycles. The Morgan fingerprint density at radius 3 is 2.91 bits per heavy atom. The Morgan fingerprint density at radius 1 is 1.52 bits per heavy atom. The molecule has 2 fully saturated rings. The van der Waals surface area contributed by atoms with Gasteiger partial charge in [-0.2, -0.15) is 16.7 Å². The fourth-order valence-electron chi connectivity index (χ4n) is 3.44. The predicted molar refractivity (Wildman–Crippen MR) is 82.6 cm³/mol. The molecule has 2 saturated heterocycles. The second kappa shape index (κ2) is 6.48. The number of amides is 1. The molecular weight excluding hydrogens is 320 g/mol. The van der Waals surface area contributed by atoms with Crippen molar-refractivity contribution in [3.63, 3.8) is 0 Å². The molecule has 0 bridgehead atoms. The number of likely N-dealkylation sites (tertiary alicyclic amines) is 1. The Labute approximate surface area is 138 Å². The number of piperidine rings is 1. The summed E-state index contributed by atoms with van der Waals surface area (Å²) in [6.07, 6.45) is 3.31. The van der Waals surface area contributed by atoms with Crippen LogP contribution in [0.1, 0.15) is 31.0 Å². The third kappa shape index (κ3) is 3.35. The van der Waals surface area contributed by atoms with Crippen molar-refractivity contribution >= 4 is 23.6 Å². The molecular formula is C14H20N4O4S. The van der Waals surface area contributed by atoms with Crippen LogP contribution in [0.15, 0.2) is 4.52 Å². The van der Waals surface area contributed by atoms with Gasteiger partial charge in [-0.1, -0.05) is 5.16 Å². The predicted octanol–water partition coefficient (Wildman–Crippen LogP) is 0.488. The maximum absolute atomic E-state index is 11.6. The molecule has 126 valence electrons. The molecule has 23 heavy (non-hydrogen) atoms. The summed E-state index contributed by atoms with van der Waals surface area (Å²) >= 11 is 1.64. The highest BCUT2D eigenvalue weighted by Crippen LogP contribution is 2.37. The lowest BCUT2D eigenvalue weighted by Gasteiger charge is -2.41. The summed E-state index contributed by atoms with van der Waals surface area (Å²) in [5.74, 6) is 0.303. The smallest absolute Gasteiger partial charge is 0.309 e. The van der Waals surface area contributed by atoms with Crippen molar-refractivity contribution in [2.75, 3.05) is 19.3 Å². The van der Waals surface area contributed by atoms with E-state index >= 15 is 0 Å². The second-order valence-corrected chi connectivity index (χ2v) is 6.98. The normalized spacial score (nSPS) is 24.0. The van der Waals surface area contributed by atoms with E-state index in [1.807, 2.05) is 6.26 Å². The van der Waals surface area contributed by atoms with Crippen molar-refractivity contribution in [3.05, 3.63) is 11.7 Å². The van der Waals surface area contributed by atoms with Crippen LogP contribution >= 0.6 is 11.8 Å². The first-order valence-electron chi connectivity index (χ1n) is 7.59. The van der Waals surface area contributed by atoms with Crippen molar-refractivity contribution in [2.24, 2.45) is 5.92 Å². The minimum absolute atomic E-state index is 0.0804. The fraction of sp³-hybridized carbons (Fsp3) is 0.714. The minimum Gasteiger partial charge on any atom is -0.481 e. The Bertz CT molecular complexity index is 597. The molecule has 1 aromatic rings. The SMILES string of the molecule is CSCc1noc(CN2CCC3(CC2)NC(=O)C[C@H]3C(=O)O)n1. The quantitative estimate of drug-likeness (QED) is 0.797. The van der Waals surface area contributed by atoms with Crippen LogP contribution in [0.3, 0.4) is 0 Å². The third-order valence-corrected chi connectivity index (χ3v) is 5.18. The largest absolute Gasteiger partial charge is 0.481 e. The van der Waals surface area contributed by atoms with Crippen molar-refractivity contribution < 1.29 is 19.2 Å². The summed E-state index contributed by atoms with van der Waals surface area (Å²) in [5, 5.41) is 16.2. The average molecular weight is 340 g/mol. The fourth-order valence-corrected chi connectivity index (χ4v) is 3.81. The molecule has 3 heterocycles. The molecule has 1 aromatic heterocycles. The van der Waals surface area contributed by atoms with Crippen LogP contribution < -0.4 is 5.32 Å². The molecule has 8 nitrogen and oxygen atoms in total. The summed E-state index contributed by atoms with van der Waals surface area (Å²) < 4.78 is 5.23. The van der Waals surface area contributed by atoms with Crippen molar-refractivity contribution in [2.45, 2.75) is 37.1 Å². The third-order valence-electron chi connectivity index (χ3n) is 4.63. The van der Waals surface area contributed by atoms with E-state index in [1.165, 1.54) is 0 Å². The molecule has 3 rings (SSSR count). The molecule has 2 N–H and O–H groups in total. The van der Waals surface area contributed by atoms with Crippen LogP contribution in [0.5, 0.6) is 0 Å². The van der Waals surface area contributed by atoms with E-state index < -0.39 is 17.4 Å².